The Morgan fingerprint density at radius 1 is 1.00 bits per heavy atom. The molecule has 2 rings (SSSR count). The zero-order valence-electron chi connectivity index (χ0n) is 16.0. The summed E-state index contributed by atoms with van der Waals surface area (Å²) in [5, 5.41) is 11.6. The molecule has 0 saturated carbocycles. The fourth-order valence-electron chi connectivity index (χ4n) is 2.79. The Morgan fingerprint density at radius 2 is 1.67 bits per heavy atom. The van der Waals surface area contributed by atoms with E-state index in [0.717, 1.165) is 37.0 Å². The Kier molecular flexibility index (Phi) is 10.4. The number of hydrogen-bond donors (Lipinski definition) is 1. The van der Waals surface area contributed by atoms with Crippen molar-refractivity contribution in [3.05, 3.63) is 48.0 Å². The molecule has 5 nitrogen and oxygen atoms in total. The standard InChI is InChI=1S/C20H26O5S.Na/c1-2-3-4-5-6-7-10-16-11-8-9-12-19(16)25-17-13-14-18(21)20(15-17)26(22,23)24;/h8-9,11-15,21H,2-7,10H2,1H3,(H,22,23,24);/q;+1/p-1. The zero-order chi connectivity index (χ0) is 19.0. The second-order valence-corrected chi connectivity index (χ2v) is 7.70. The Morgan fingerprint density at radius 3 is 2.37 bits per heavy atom. The van der Waals surface area contributed by atoms with Crippen LogP contribution in [0.2, 0.25) is 0 Å². The van der Waals surface area contributed by atoms with Crippen LogP contribution in [0, 0.1) is 0 Å². The Labute approximate surface area is 183 Å². The largest absolute Gasteiger partial charge is 1.00 e. The van der Waals surface area contributed by atoms with Crippen molar-refractivity contribution in [3.8, 4) is 17.2 Å². The van der Waals surface area contributed by atoms with E-state index in [-0.39, 0.29) is 35.3 Å². The first kappa shape index (κ1) is 24.0. The second kappa shape index (κ2) is 11.7. The van der Waals surface area contributed by atoms with Crippen LogP contribution >= 0.6 is 0 Å². The number of ether oxygens (including phenoxy) is 1. The number of para-hydroxylation sites is 1. The van der Waals surface area contributed by atoms with E-state index >= 15 is 0 Å². The van der Waals surface area contributed by atoms with Crippen LogP contribution in [0.25, 0.3) is 0 Å². The maximum atomic E-state index is 11.6. The van der Waals surface area contributed by atoms with Gasteiger partial charge < -0.3 is 9.84 Å². The summed E-state index contributed by atoms with van der Waals surface area (Å²) in [5.74, 6) is 0.0637. The smallest absolute Gasteiger partial charge is 0.872 e. The Hall–Kier alpha value is -1.05. The zero-order valence-corrected chi connectivity index (χ0v) is 18.8. The van der Waals surface area contributed by atoms with E-state index < -0.39 is 20.8 Å². The summed E-state index contributed by atoms with van der Waals surface area (Å²) < 4.78 is 37.5. The summed E-state index contributed by atoms with van der Waals surface area (Å²) in [4.78, 5) is -0.677. The van der Waals surface area contributed by atoms with E-state index in [1.54, 1.807) is 0 Å². The monoisotopic (exact) mass is 400 g/mol. The van der Waals surface area contributed by atoms with Gasteiger partial charge in [-0.05, 0) is 30.5 Å². The fourth-order valence-corrected chi connectivity index (χ4v) is 3.37. The van der Waals surface area contributed by atoms with Crippen LogP contribution in [0.15, 0.2) is 47.4 Å². The van der Waals surface area contributed by atoms with Gasteiger partial charge in [-0.25, -0.2) is 0 Å². The van der Waals surface area contributed by atoms with Crippen molar-refractivity contribution in [2.45, 2.75) is 56.8 Å². The molecule has 0 radical (unpaired) electrons. The molecule has 0 bridgehead atoms. The van der Waals surface area contributed by atoms with Gasteiger partial charge in [-0.3, -0.25) is 4.55 Å². The molecular weight excluding hydrogens is 375 g/mol. The number of unbranched alkanes of at least 4 members (excludes halogenated alkanes) is 5. The van der Waals surface area contributed by atoms with Gasteiger partial charge in [0.05, 0.1) is 4.90 Å². The molecule has 0 amide bonds. The number of hydrogen-bond acceptors (Lipinski definition) is 4. The molecule has 0 heterocycles. The molecule has 0 fully saturated rings. The first-order valence-electron chi connectivity index (χ1n) is 8.96. The van der Waals surface area contributed by atoms with Gasteiger partial charge in [0.1, 0.15) is 11.5 Å². The molecule has 0 unspecified atom stereocenters. The molecule has 0 saturated heterocycles. The predicted molar refractivity (Wildman–Crippen MR) is 99.3 cm³/mol. The first-order chi connectivity index (χ1) is 12.4. The van der Waals surface area contributed by atoms with Crippen LogP contribution in [0.5, 0.6) is 17.2 Å². The fraction of sp³-hybridized carbons (Fsp3) is 0.400. The van der Waals surface area contributed by atoms with Crippen molar-refractivity contribution in [2.75, 3.05) is 0 Å². The molecule has 0 aliphatic carbocycles. The molecule has 142 valence electrons. The Bertz CT molecular complexity index is 821. The van der Waals surface area contributed by atoms with Crippen LogP contribution in [-0.4, -0.2) is 13.0 Å². The third-order valence-electron chi connectivity index (χ3n) is 4.19. The summed E-state index contributed by atoms with van der Waals surface area (Å²) in [5.41, 5.74) is 1.03. The second-order valence-electron chi connectivity index (χ2n) is 6.31. The number of rotatable bonds is 10. The quantitative estimate of drug-likeness (QED) is 0.373. The van der Waals surface area contributed by atoms with Crippen LogP contribution < -0.4 is 39.4 Å². The van der Waals surface area contributed by atoms with Crippen LogP contribution in [-0.2, 0) is 16.5 Å². The van der Waals surface area contributed by atoms with Gasteiger partial charge in [0.25, 0.3) is 10.1 Å². The van der Waals surface area contributed by atoms with Crippen molar-refractivity contribution in [1.82, 2.24) is 0 Å². The SMILES string of the molecule is CCCCCCCCc1ccccc1Oc1ccc([O-])c(S(=O)(=O)O)c1.[Na+]. The normalized spacial score (nSPS) is 11.0. The number of aryl methyl sites for hydroxylation is 1. The van der Waals surface area contributed by atoms with Crippen molar-refractivity contribution >= 4 is 10.1 Å². The molecular formula is C20H25NaO5S. The maximum absolute atomic E-state index is 11.6. The van der Waals surface area contributed by atoms with Crippen molar-refractivity contribution in [3.63, 3.8) is 0 Å². The summed E-state index contributed by atoms with van der Waals surface area (Å²) in [7, 11) is -4.58. The van der Waals surface area contributed by atoms with Gasteiger partial charge in [0.15, 0.2) is 0 Å². The minimum Gasteiger partial charge on any atom is -0.872 e. The first-order valence-corrected chi connectivity index (χ1v) is 10.4. The van der Waals surface area contributed by atoms with E-state index in [1.807, 2.05) is 24.3 Å². The summed E-state index contributed by atoms with van der Waals surface area (Å²) in [6, 6.07) is 11.1. The summed E-state index contributed by atoms with van der Waals surface area (Å²) >= 11 is 0. The molecule has 0 spiro atoms. The van der Waals surface area contributed by atoms with Gasteiger partial charge in [0.2, 0.25) is 0 Å². The van der Waals surface area contributed by atoms with Crippen molar-refractivity contribution in [2.24, 2.45) is 0 Å². The maximum Gasteiger partial charge on any atom is 1.00 e. The van der Waals surface area contributed by atoms with E-state index in [4.69, 9.17) is 9.29 Å². The van der Waals surface area contributed by atoms with Gasteiger partial charge >= 0.3 is 29.6 Å². The third kappa shape index (κ3) is 7.84. The van der Waals surface area contributed by atoms with E-state index in [1.165, 1.54) is 31.7 Å². The average molecular weight is 400 g/mol. The predicted octanol–water partition coefficient (Wildman–Crippen LogP) is 1.71. The summed E-state index contributed by atoms with van der Waals surface area (Å²) in [6.07, 6.45) is 8.06. The van der Waals surface area contributed by atoms with E-state index in [9.17, 15) is 13.5 Å². The molecule has 2 aromatic rings. The van der Waals surface area contributed by atoms with Gasteiger partial charge in [0, 0.05) is 6.07 Å². The van der Waals surface area contributed by atoms with Crippen molar-refractivity contribution < 1.29 is 52.4 Å². The third-order valence-corrected chi connectivity index (χ3v) is 5.07. The minimum atomic E-state index is -4.58. The molecule has 1 N–H and O–H groups in total. The van der Waals surface area contributed by atoms with Gasteiger partial charge in [-0.1, -0.05) is 69.0 Å². The van der Waals surface area contributed by atoms with Crippen LogP contribution in [0.3, 0.4) is 0 Å². The van der Waals surface area contributed by atoms with E-state index in [2.05, 4.69) is 6.92 Å². The minimum absolute atomic E-state index is 0. The topological polar surface area (TPSA) is 86.7 Å². The van der Waals surface area contributed by atoms with Crippen LogP contribution in [0.1, 0.15) is 51.0 Å². The average Bonchev–Trinajstić information content (AvgIpc) is 2.60. The molecule has 2 aromatic carbocycles. The van der Waals surface area contributed by atoms with Crippen molar-refractivity contribution in [1.29, 1.82) is 0 Å². The van der Waals surface area contributed by atoms with E-state index in [0.29, 0.717) is 5.75 Å². The molecule has 0 aliphatic heterocycles. The molecule has 0 atom stereocenters. The molecule has 7 heteroatoms. The van der Waals surface area contributed by atoms with Gasteiger partial charge in [-0.2, -0.15) is 8.42 Å². The molecule has 0 aromatic heterocycles. The molecule has 27 heavy (non-hydrogen) atoms. The summed E-state index contributed by atoms with van der Waals surface area (Å²) in [6.45, 7) is 2.19. The van der Waals surface area contributed by atoms with Gasteiger partial charge in [-0.15, -0.1) is 0 Å². The molecule has 0 aliphatic rings. The number of benzene rings is 2. The van der Waals surface area contributed by atoms with Crippen LogP contribution in [0.4, 0.5) is 0 Å². The Balaban J connectivity index is 0.00000364.